The third-order valence-corrected chi connectivity index (χ3v) is 9.81. The zero-order chi connectivity index (χ0) is 33.1. The Morgan fingerprint density at radius 2 is 1.54 bits per heavy atom. The van der Waals surface area contributed by atoms with Gasteiger partial charge in [0, 0.05) is 30.0 Å². The Bertz CT molecular complexity index is 1700. The van der Waals surface area contributed by atoms with E-state index in [1.165, 1.54) is 34.9 Å². The second-order valence-corrected chi connectivity index (χ2v) is 13.1. The molecule has 0 saturated heterocycles. The summed E-state index contributed by atoms with van der Waals surface area (Å²) in [7, 11) is -4.27. The van der Waals surface area contributed by atoms with Crippen molar-refractivity contribution in [1.29, 1.82) is 0 Å². The standard InChI is InChI=1S/C35H38FN3O5S2/c1-4-37-35(41)33(23-26-11-7-6-8-12-26)38(24-27-13-9-10-14-32(27)36)34(40)25-39(28-15-17-29(18-16-28)44-5-2)46(42,43)31-21-19-30(45-3)20-22-31/h6-22,33H,4-5,23-25H2,1-3H3,(H,37,41)/t33-/m1/s1. The lowest BCUT2D eigenvalue weighted by Crippen LogP contribution is -2.53. The third kappa shape index (κ3) is 8.67. The van der Waals surface area contributed by atoms with Gasteiger partial charge in [-0.25, -0.2) is 12.8 Å². The molecule has 0 saturated carbocycles. The minimum Gasteiger partial charge on any atom is -0.494 e. The summed E-state index contributed by atoms with van der Waals surface area (Å²) in [5.74, 6) is -1.10. The van der Waals surface area contributed by atoms with E-state index in [1.54, 1.807) is 61.5 Å². The number of amides is 2. The van der Waals surface area contributed by atoms with Crippen LogP contribution in [0.2, 0.25) is 0 Å². The molecule has 46 heavy (non-hydrogen) atoms. The summed E-state index contributed by atoms with van der Waals surface area (Å²) in [5, 5.41) is 2.80. The molecule has 242 valence electrons. The van der Waals surface area contributed by atoms with Crippen LogP contribution in [-0.4, -0.2) is 57.1 Å². The van der Waals surface area contributed by atoms with Crippen molar-refractivity contribution in [2.75, 3.05) is 30.3 Å². The first-order valence-electron chi connectivity index (χ1n) is 14.9. The molecule has 0 aliphatic rings. The van der Waals surface area contributed by atoms with Crippen LogP contribution >= 0.6 is 11.8 Å². The average molecular weight is 664 g/mol. The van der Waals surface area contributed by atoms with Crippen LogP contribution < -0.4 is 14.4 Å². The van der Waals surface area contributed by atoms with Crippen molar-refractivity contribution in [1.82, 2.24) is 10.2 Å². The van der Waals surface area contributed by atoms with Crippen molar-refractivity contribution in [3.63, 3.8) is 0 Å². The molecule has 4 aromatic rings. The summed E-state index contributed by atoms with van der Waals surface area (Å²) in [4.78, 5) is 30.1. The number of rotatable bonds is 15. The molecule has 0 heterocycles. The van der Waals surface area contributed by atoms with Gasteiger partial charge in [0.25, 0.3) is 10.0 Å². The number of hydrogen-bond donors (Lipinski definition) is 1. The molecule has 0 spiro atoms. The predicted molar refractivity (Wildman–Crippen MR) is 180 cm³/mol. The maximum atomic E-state index is 15.0. The van der Waals surface area contributed by atoms with Crippen molar-refractivity contribution in [3.05, 3.63) is 120 Å². The largest absolute Gasteiger partial charge is 0.494 e. The number of thioether (sulfide) groups is 1. The van der Waals surface area contributed by atoms with Crippen LogP contribution in [0.3, 0.4) is 0 Å². The Hall–Kier alpha value is -4.35. The number of benzene rings is 4. The van der Waals surface area contributed by atoms with Gasteiger partial charge < -0.3 is 15.0 Å². The number of anilines is 1. The molecule has 0 aliphatic heterocycles. The number of ether oxygens (including phenoxy) is 1. The topological polar surface area (TPSA) is 96.0 Å². The molecule has 1 N–H and O–H groups in total. The van der Waals surface area contributed by atoms with Gasteiger partial charge in [-0.15, -0.1) is 11.8 Å². The molecular formula is C35H38FN3O5S2. The monoisotopic (exact) mass is 663 g/mol. The van der Waals surface area contributed by atoms with Crippen LogP contribution in [0.25, 0.3) is 0 Å². The van der Waals surface area contributed by atoms with Crippen LogP contribution in [0.1, 0.15) is 25.0 Å². The van der Waals surface area contributed by atoms with Crippen molar-refractivity contribution < 1.29 is 27.1 Å². The van der Waals surface area contributed by atoms with Crippen LogP contribution in [0, 0.1) is 5.82 Å². The van der Waals surface area contributed by atoms with Crippen LogP contribution in [-0.2, 0) is 32.6 Å². The minimum absolute atomic E-state index is 0.00259. The van der Waals surface area contributed by atoms with E-state index in [2.05, 4.69) is 5.32 Å². The SMILES string of the molecule is CCNC(=O)[C@@H](Cc1ccccc1)N(Cc1ccccc1F)C(=O)CN(c1ccc(OCC)cc1)S(=O)(=O)c1ccc(SC)cc1. The Kier molecular flexibility index (Phi) is 12.2. The van der Waals surface area contributed by atoms with E-state index in [-0.39, 0.29) is 29.1 Å². The Morgan fingerprint density at radius 1 is 0.891 bits per heavy atom. The number of hydrogen-bond acceptors (Lipinski definition) is 6. The second-order valence-electron chi connectivity index (χ2n) is 10.3. The molecule has 0 aromatic heterocycles. The van der Waals surface area contributed by atoms with Crippen molar-refractivity contribution in [2.24, 2.45) is 0 Å². The lowest BCUT2D eigenvalue weighted by Gasteiger charge is -2.34. The smallest absolute Gasteiger partial charge is 0.264 e. The van der Waals surface area contributed by atoms with Gasteiger partial charge in [0.05, 0.1) is 17.2 Å². The summed E-state index contributed by atoms with van der Waals surface area (Å²) < 4.78 is 49.9. The number of sulfonamides is 1. The molecule has 0 unspecified atom stereocenters. The highest BCUT2D eigenvalue weighted by Crippen LogP contribution is 2.28. The Labute approximate surface area is 274 Å². The normalized spacial score (nSPS) is 11.8. The maximum Gasteiger partial charge on any atom is 0.264 e. The quantitative estimate of drug-likeness (QED) is 0.159. The van der Waals surface area contributed by atoms with Crippen LogP contribution in [0.4, 0.5) is 10.1 Å². The highest BCUT2D eigenvalue weighted by Gasteiger charge is 2.35. The minimum atomic E-state index is -4.27. The molecule has 0 fully saturated rings. The van der Waals surface area contributed by atoms with Crippen LogP contribution in [0.5, 0.6) is 5.75 Å². The first-order chi connectivity index (χ1) is 22.2. The van der Waals surface area contributed by atoms with E-state index in [1.807, 2.05) is 43.5 Å². The number of halogens is 1. The van der Waals surface area contributed by atoms with Gasteiger partial charge in [-0.3, -0.25) is 13.9 Å². The fourth-order valence-electron chi connectivity index (χ4n) is 4.94. The predicted octanol–water partition coefficient (Wildman–Crippen LogP) is 5.92. The van der Waals surface area contributed by atoms with Gasteiger partial charge in [-0.1, -0.05) is 48.5 Å². The van der Waals surface area contributed by atoms with Gasteiger partial charge in [-0.2, -0.15) is 0 Å². The van der Waals surface area contributed by atoms with Gasteiger partial charge >= 0.3 is 0 Å². The summed E-state index contributed by atoms with van der Waals surface area (Å²) in [6, 6.07) is 26.9. The van der Waals surface area contributed by atoms with Crippen molar-refractivity contribution in [3.8, 4) is 5.75 Å². The molecule has 4 rings (SSSR count). The van der Waals surface area contributed by atoms with E-state index >= 15 is 0 Å². The molecule has 8 nitrogen and oxygen atoms in total. The van der Waals surface area contributed by atoms with Gasteiger partial charge in [0.2, 0.25) is 11.8 Å². The van der Waals surface area contributed by atoms with Crippen molar-refractivity contribution in [2.45, 2.75) is 42.6 Å². The van der Waals surface area contributed by atoms with Crippen molar-refractivity contribution >= 4 is 39.3 Å². The fraction of sp³-hybridized carbons (Fsp3) is 0.257. The lowest BCUT2D eigenvalue weighted by molar-refractivity contribution is -0.140. The van der Waals surface area contributed by atoms with E-state index in [4.69, 9.17) is 4.74 Å². The summed E-state index contributed by atoms with van der Waals surface area (Å²) in [6.45, 7) is 3.45. The fourth-order valence-corrected chi connectivity index (χ4v) is 6.76. The van der Waals surface area contributed by atoms with E-state index in [0.29, 0.717) is 18.9 Å². The summed E-state index contributed by atoms with van der Waals surface area (Å²) in [6.07, 6.45) is 2.03. The number of carbonyl (C=O) groups excluding carboxylic acids is 2. The molecule has 4 aromatic carbocycles. The molecule has 11 heteroatoms. The highest BCUT2D eigenvalue weighted by atomic mass is 32.2. The lowest BCUT2D eigenvalue weighted by atomic mass is 10.0. The molecular weight excluding hydrogens is 626 g/mol. The zero-order valence-corrected chi connectivity index (χ0v) is 27.7. The molecule has 1 atom stereocenters. The molecule has 0 aliphatic carbocycles. The second kappa shape index (κ2) is 16.3. The highest BCUT2D eigenvalue weighted by molar-refractivity contribution is 7.98. The number of nitrogens with zero attached hydrogens (tertiary/aromatic N) is 2. The number of carbonyl (C=O) groups is 2. The van der Waals surface area contributed by atoms with E-state index in [9.17, 15) is 22.4 Å². The first-order valence-corrected chi connectivity index (χ1v) is 17.6. The summed E-state index contributed by atoms with van der Waals surface area (Å²) in [5.41, 5.74) is 1.21. The van der Waals surface area contributed by atoms with Gasteiger partial charge in [0.1, 0.15) is 24.2 Å². The summed E-state index contributed by atoms with van der Waals surface area (Å²) >= 11 is 1.47. The zero-order valence-electron chi connectivity index (χ0n) is 26.1. The Morgan fingerprint density at radius 3 is 2.15 bits per heavy atom. The number of likely N-dealkylation sites (N-methyl/N-ethyl adjacent to an activating group) is 1. The average Bonchev–Trinajstić information content (AvgIpc) is 3.07. The Balaban J connectivity index is 1.80. The molecule has 2 amide bonds. The maximum absolute atomic E-state index is 15.0. The van der Waals surface area contributed by atoms with Crippen LogP contribution in [0.15, 0.2) is 113 Å². The molecule has 0 bridgehead atoms. The van der Waals surface area contributed by atoms with Gasteiger partial charge in [-0.05, 0) is 80.3 Å². The first kappa shape index (κ1) is 34.5. The third-order valence-electron chi connectivity index (χ3n) is 7.28. The van der Waals surface area contributed by atoms with E-state index < -0.39 is 40.2 Å². The molecule has 0 radical (unpaired) electrons. The van der Waals surface area contributed by atoms with Gasteiger partial charge in [0.15, 0.2) is 0 Å². The van der Waals surface area contributed by atoms with E-state index in [0.717, 1.165) is 14.8 Å². The number of nitrogens with one attached hydrogen (secondary N) is 1.